The van der Waals surface area contributed by atoms with Crippen LogP contribution in [0.1, 0.15) is 42.4 Å². The molecule has 3 atom stereocenters. The predicted octanol–water partition coefficient (Wildman–Crippen LogP) is 3.25. The number of hydrogen-bond donors (Lipinski definition) is 2. The number of benzene rings is 2. The fourth-order valence-corrected chi connectivity index (χ4v) is 5.01. The Bertz CT molecular complexity index is 1120. The zero-order valence-corrected chi connectivity index (χ0v) is 18.0. The number of sulfonamides is 1. The Labute approximate surface area is 177 Å². The minimum Gasteiger partial charge on any atom is -0.387 e. The molecule has 0 saturated heterocycles. The van der Waals surface area contributed by atoms with Crippen LogP contribution in [0.5, 0.6) is 0 Å². The van der Waals surface area contributed by atoms with Crippen molar-refractivity contribution < 1.29 is 13.5 Å². The summed E-state index contributed by atoms with van der Waals surface area (Å²) in [4.78, 5) is 0. The molecule has 0 aliphatic carbocycles. The first kappa shape index (κ1) is 20.8. The van der Waals surface area contributed by atoms with Gasteiger partial charge in [-0.3, -0.25) is 4.68 Å². The number of aromatic nitrogens is 2. The van der Waals surface area contributed by atoms with E-state index in [2.05, 4.69) is 40.2 Å². The summed E-state index contributed by atoms with van der Waals surface area (Å²) in [6.07, 6.45) is 2.59. The zero-order chi connectivity index (χ0) is 21.3. The highest BCUT2D eigenvalue weighted by Crippen LogP contribution is 2.31. The van der Waals surface area contributed by atoms with Crippen molar-refractivity contribution in [2.75, 3.05) is 6.26 Å². The van der Waals surface area contributed by atoms with Crippen molar-refractivity contribution in [3.63, 3.8) is 0 Å². The molecule has 3 aromatic rings. The van der Waals surface area contributed by atoms with Crippen molar-refractivity contribution in [3.05, 3.63) is 77.6 Å². The fraction of sp³-hybridized carbons (Fsp3) is 0.348. The van der Waals surface area contributed by atoms with Gasteiger partial charge in [0.25, 0.3) is 0 Å². The SMILES string of the molecule is CC(O)c1cc2n(n1)C(Cc1cccc(-c3ccccc3)c1)C(NS(C)(=O)=O)CC2. The molecule has 1 aromatic heterocycles. The van der Waals surface area contributed by atoms with Crippen LogP contribution in [0.3, 0.4) is 0 Å². The van der Waals surface area contributed by atoms with E-state index in [1.54, 1.807) is 6.92 Å². The molecule has 0 amide bonds. The third-order valence-corrected chi connectivity index (χ3v) is 6.33. The molecule has 0 saturated carbocycles. The minimum atomic E-state index is -3.35. The Kier molecular flexibility index (Phi) is 5.77. The molecule has 2 heterocycles. The summed E-state index contributed by atoms with van der Waals surface area (Å²) in [5.41, 5.74) is 5.03. The largest absolute Gasteiger partial charge is 0.387 e. The maximum Gasteiger partial charge on any atom is 0.209 e. The highest BCUT2D eigenvalue weighted by molar-refractivity contribution is 7.88. The number of rotatable bonds is 6. The number of aliphatic hydroxyl groups excluding tert-OH is 1. The van der Waals surface area contributed by atoms with E-state index in [-0.39, 0.29) is 12.1 Å². The van der Waals surface area contributed by atoms with Crippen molar-refractivity contribution >= 4 is 10.0 Å². The van der Waals surface area contributed by atoms with Gasteiger partial charge >= 0.3 is 0 Å². The number of nitrogens with one attached hydrogen (secondary N) is 1. The molecule has 0 bridgehead atoms. The van der Waals surface area contributed by atoms with Crippen molar-refractivity contribution in [3.8, 4) is 11.1 Å². The molecule has 2 N–H and O–H groups in total. The van der Waals surface area contributed by atoms with Gasteiger partial charge in [-0.15, -0.1) is 0 Å². The Hall–Kier alpha value is -2.48. The van der Waals surface area contributed by atoms with E-state index in [1.807, 2.05) is 35.0 Å². The van der Waals surface area contributed by atoms with E-state index < -0.39 is 16.1 Å². The molecule has 30 heavy (non-hydrogen) atoms. The van der Waals surface area contributed by atoms with Gasteiger partial charge in [-0.1, -0.05) is 54.6 Å². The molecule has 1 aliphatic rings. The highest BCUT2D eigenvalue weighted by Gasteiger charge is 2.33. The van der Waals surface area contributed by atoms with Crippen molar-refractivity contribution in [1.29, 1.82) is 0 Å². The van der Waals surface area contributed by atoms with Gasteiger partial charge in [0.1, 0.15) is 0 Å². The van der Waals surface area contributed by atoms with Crippen LogP contribution in [0, 0.1) is 0 Å². The van der Waals surface area contributed by atoms with Gasteiger partial charge < -0.3 is 5.11 Å². The summed E-state index contributed by atoms with van der Waals surface area (Å²) in [6, 6.07) is 20.0. The molecule has 0 spiro atoms. The lowest BCUT2D eigenvalue weighted by molar-refractivity contribution is 0.191. The van der Waals surface area contributed by atoms with E-state index in [0.29, 0.717) is 25.0 Å². The van der Waals surface area contributed by atoms with Gasteiger partial charge in [0.05, 0.1) is 24.1 Å². The molecule has 0 fully saturated rings. The third-order valence-electron chi connectivity index (χ3n) is 5.59. The summed E-state index contributed by atoms with van der Waals surface area (Å²) in [7, 11) is -3.35. The number of nitrogens with zero attached hydrogens (tertiary/aromatic N) is 2. The standard InChI is InChI=1S/C23H27N3O3S/c1-16(27)22-15-20-11-12-21(25-30(2,28)29)23(26(20)24-22)14-17-7-6-10-19(13-17)18-8-4-3-5-9-18/h3-10,13,15-16,21,23,25,27H,11-12,14H2,1-2H3. The lowest BCUT2D eigenvalue weighted by atomic mass is 9.91. The van der Waals surface area contributed by atoms with Crippen molar-refractivity contribution in [2.45, 2.75) is 44.4 Å². The molecule has 3 unspecified atom stereocenters. The van der Waals surface area contributed by atoms with Gasteiger partial charge in [-0.25, -0.2) is 13.1 Å². The van der Waals surface area contributed by atoms with Gasteiger partial charge in [-0.2, -0.15) is 5.10 Å². The smallest absolute Gasteiger partial charge is 0.209 e. The minimum absolute atomic E-state index is 0.165. The molecule has 7 heteroatoms. The quantitative estimate of drug-likeness (QED) is 0.635. The van der Waals surface area contributed by atoms with Crippen LogP contribution in [-0.2, 0) is 22.9 Å². The Morgan fingerprint density at radius 2 is 1.87 bits per heavy atom. The first-order valence-electron chi connectivity index (χ1n) is 10.2. The van der Waals surface area contributed by atoms with Gasteiger partial charge in [0.15, 0.2) is 0 Å². The average Bonchev–Trinajstić information content (AvgIpc) is 3.15. The molecular formula is C23H27N3O3S. The monoisotopic (exact) mass is 425 g/mol. The predicted molar refractivity (Wildman–Crippen MR) is 118 cm³/mol. The summed E-state index contributed by atoms with van der Waals surface area (Å²) < 4.78 is 28.7. The lowest BCUT2D eigenvalue weighted by Gasteiger charge is -2.33. The van der Waals surface area contributed by atoms with E-state index in [4.69, 9.17) is 0 Å². The number of hydrogen-bond acceptors (Lipinski definition) is 4. The maximum absolute atomic E-state index is 12.0. The Morgan fingerprint density at radius 3 is 2.57 bits per heavy atom. The number of fused-ring (bicyclic) bond motifs is 1. The van der Waals surface area contributed by atoms with Crippen LogP contribution >= 0.6 is 0 Å². The van der Waals surface area contributed by atoms with Gasteiger partial charge in [0, 0.05) is 11.7 Å². The van der Waals surface area contributed by atoms with Crippen LogP contribution in [0.2, 0.25) is 0 Å². The highest BCUT2D eigenvalue weighted by atomic mass is 32.2. The first-order chi connectivity index (χ1) is 14.3. The number of aryl methyl sites for hydroxylation is 1. The molecule has 1 aliphatic heterocycles. The molecule has 2 aromatic carbocycles. The van der Waals surface area contributed by atoms with Gasteiger partial charge in [-0.05, 0) is 48.9 Å². The molecule has 0 radical (unpaired) electrons. The Morgan fingerprint density at radius 1 is 1.13 bits per heavy atom. The second kappa shape index (κ2) is 8.34. The summed E-state index contributed by atoms with van der Waals surface area (Å²) >= 11 is 0. The third kappa shape index (κ3) is 4.64. The normalized spacial score (nSPS) is 20.0. The zero-order valence-electron chi connectivity index (χ0n) is 17.2. The van der Waals surface area contributed by atoms with Crippen molar-refractivity contribution in [2.24, 2.45) is 0 Å². The molecule has 6 nitrogen and oxygen atoms in total. The number of aliphatic hydroxyl groups is 1. The maximum atomic E-state index is 12.0. The van der Waals surface area contributed by atoms with Crippen LogP contribution in [0.4, 0.5) is 0 Å². The van der Waals surface area contributed by atoms with E-state index in [9.17, 15) is 13.5 Å². The topological polar surface area (TPSA) is 84.2 Å². The van der Waals surface area contributed by atoms with Crippen LogP contribution in [-0.4, -0.2) is 35.6 Å². The average molecular weight is 426 g/mol. The summed E-state index contributed by atoms with van der Waals surface area (Å²) in [5, 5.41) is 14.6. The second-order valence-electron chi connectivity index (χ2n) is 8.05. The van der Waals surface area contributed by atoms with Crippen molar-refractivity contribution in [1.82, 2.24) is 14.5 Å². The van der Waals surface area contributed by atoms with E-state index in [1.165, 1.54) is 6.26 Å². The van der Waals surface area contributed by atoms with Gasteiger partial charge in [0.2, 0.25) is 10.0 Å². The molecular weight excluding hydrogens is 398 g/mol. The molecule has 4 rings (SSSR count). The summed E-state index contributed by atoms with van der Waals surface area (Å²) in [6.45, 7) is 1.69. The van der Waals surface area contributed by atoms with E-state index in [0.717, 1.165) is 22.4 Å². The van der Waals surface area contributed by atoms with E-state index >= 15 is 0 Å². The van der Waals surface area contributed by atoms with Crippen LogP contribution < -0.4 is 4.72 Å². The first-order valence-corrected chi connectivity index (χ1v) is 12.1. The summed E-state index contributed by atoms with van der Waals surface area (Å²) in [5.74, 6) is 0. The molecule has 158 valence electrons. The Balaban J connectivity index is 1.69. The second-order valence-corrected chi connectivity index (χ2v) is 9.83. The van der Waals surface area contributed by atoms with Crippen LogP contribution in [0.25, 0.3) is 11.1 Å². The lowest BCUT2D eigenvalue weighted by Crippen LogP contribution is -2.45. The van der Waals surface area contributed by atoms with Crippen LogP contribution in [0.15, 0.2) is 60.7 Å². The fourth-order valence-electron chi connectivity index (χ4n) is 4.19.